The zero-order valence-electron chi connectivity index (χ0n) is 13.0. The number of ether oxygens (including phenoxy) is 1. The summed E-state index contributed by atoms with van der Waals surface area (Å²) in [5.74, 6) is 0.844. The summed E-state index contributed by atoms with van der Waals surface area (Å²) in [5.41, 5.74) is 1.23. The lowest BCUT2D eigenvalue weighted by Gasteiger charge is -2.29. The molecule has 1 fully saturated rings. The molecule has 2 rings (SSSR count). The van der Waals surface area contributed by atoms with E-state index in [1.165, 1.54) is 5.56 Å². The van der Waals surface area contributed by atoms with Crippen LogP contribution in [-0.4, -0.2) is 29.9 Å². The van der Waals surface area contributed by atoms with E-state index in [2.05, 4.69) is 13.8 Å². The molecular formula is C17H23NO3. The van der Waals surface area contributed by atoms with Gasteiger partial charge in [0.05, 0.1) is 5.92 Å². The Labute approximate surface area is 126 Å². The Bertz CT molecular complexity index is 499. The van der Waals surface area contributed by atoms with Crippen LogP contribution in [0.5, 0.6) is 5.75 Å². The number of rotatable bonds is 3. The van der Waals surface area contributed by atoms with Crippen LogP contribution in [0, 0.1) is 5.92 Å². The van der Waals surface area contributed by atoms with Crippen LogP contribution in [0.1, 0.15) is 45.1 Å². The molecule has 1 aromatic carbocycles. The molecule has 1 aromatic rings. The van der Waals surface area contributed by atoms with E-state index in [4.69, 9.17) is 4.74 Å². The first-order valence-corrected chi connectivity index (χ1v) is 7.54. The average molecular weight is 289 g/mol. The molecule has 21 heavy (non-hydrogen) atoms. The first-order valence-electron chi connectivity index (χ1n) is 7.54. The highest BCUT2D eigenvalue weighted by atomic mass is 16.5. The van der Waals surface area contributed by atoms with E-state index in [1.807, 2.05) is 24.3 Å². The van der Waals surface area contributed by atoms with Crippen molar-refractivity contribution in [3.05, 3.63) is 29.8 Å². The molecule has 114 valence electrons. The Balaban J connectivity index is 1.88. The van der Waals surface area contributed by atoms with Crippen LogP contribution in [0.25, 0.3) is 0 Å². The summed E-state index contributed by atoms with van der Waals surface area (Å²) >= 11 is 0. The van der Waals surface area contributed by atoms with Gasteiger partial charge in [0.2, 0.25) is 5.91 Å². The summed E-state index contributed by atoms with van der Waals surface area (Å²) < 4.78 is 5.44. The monoisotopic (exact) mass is 289 g/mol. The normalized spacial score (nSPS) is 16.1. The van der Waals surface area contributed by atoms with Crippen LogP contribution < -0.4 is 4.74 Å². The first kappa shape index (κ1) is 15.5. The highest BCUT2D eigenvalue weighted by Gasteiger charge is 2.27. The quantitative estimate of drug-likeness (QED) is 0.635. The fraction of sp³-hybridized carbons (Fsp3) is 0.529. The van der Waals surface area contributed by atoms with E-state index in [0.29, 0.717) is 37.6 Å². The lowest BCUT2D eigenvalue weighted by atomic mass is 9.97. The molecule has 1 aliphatic rings. The third kappa shape index (κ3) is 4.06. The molecule has 0 aliphatic carbocycles. The van der Waals surface area contributed by atoms with Crippen LogP contribution in [0.4, 0.5) is 0 Å². The standard InChI is InChI=1S/C17H23NO3/c1-12(2)14-4-6-16(7-5-14)21-17(20)15-8-10-18(11-9-15)13(3)19/h4-7,12,15H,8-11H2,1-3H3. The lowest BCUT2D eigenvalue weighted by molar-refractivity contribution is -0.142. The Morgan fingerprint density at radius 2 is 1.71 bits per heavy atom. The second-order valence-corrected chi connectivity index (χ2v) is 5.93. The number of amides is 1. The summed E-state index contributed by atoms with van der Waals surface area (Å²) in [6.07, 6.45) is 1.37. The van der Waals surface area contributed by atoms with Gasteiger partial charge in [-0.05, 0) is 36.5 Å². The van der Waals surface area contributed by atoms with Gasteiger partial charge < -0.3 is 9.64 Å². The van der Waals surface area contributed by atoms with Gasteiger partial charge in [-0.15, -0.1) is 0 Å². The molecule has 4 nitrogen and oxygen atoms in total. The molecule has 0 unspecified atom stereocenters. The van der Waals surface area contributed by atoms with E-state index < -0.39 is 0 Å². The molecule has 0 saturated carbocycles. The number of hydrogen-bond acceptors (Lipinski definition) is 3. The van der Waals surface area contributed by atoms with E-state index >= 15 is 0 Å². The van der Waals surface area contributed by atoms with Gasteiger partial charge in [0, 0.05) is 20.0 Å². The van der Waals surface area contributed by atoms with Crippen LogP contribution in [0.3, 0.4) is 0 Å². The highest BCUT2D eigenvalue weighted by molar-refractivity contribution is 5.76. The number of likely N-dealkylation sites (tertiary alicyclic amines) is 1. The van der Waals surface area contributed by atoms with Crippen molar-refractivity contribution in [2.75, 3.05) is 13.1 Å². The van der Waals surface area contributed by atoms with Gasteiger partial charge in [0.1, 0.15) is 5.75 Å². The zero-order valence-corrected chi connectivity index (χ0v) is 13.0. The van der Waals surface area contributed by atoms with Gasteiger partial charge in [-0.3, -0.25) is 9.59 Å². The largest absolute Gasteiger partial charge is 0.426 e. The summed E-state index contributed by atoms with van der Waals surface area (Å²) in [5, 5.41) is 0. The smallest absolute Gasteiger partial charge is 0.314 e. The topological polar surface area (TPSA) is 46.6 Å². The maximum absolute atomic E-state index is 12.1. The summed E-state index contributed by atoms with van der Waals surface area (Å²) in [4.78, 5) is 25.2. The molecule has 0 spiro atoms. The minimum atomic E-state index is -0.185. The van der Waals surface area contributed by atoms with Gasteiger partial charge in [-0.25, -0.2) is 0 Å². The van der Waals surface area contributed by atoms with E-state index in [-0.39, 0.29) is 17.8 Å². The molecule has 0 N–H and O–H groups in total. The van der Waals surface area contributed by atoms with Gasteiger partial charge in [-0.1, -0.05) is 26.0 Å². The van der Waals surface area contributed by atoms with Crippen LogP contribution in [-0.2, 0) is 9.59 Å². The van der Waals surface area contributed by atoms with Crippen molar-refractivity contribution in [1.82, 2.24) is 4.90 Å². The lowest BCUT2D eigenvalue weighted by Crippen LogP contribution is -2.40. The maximum Gasteiger partial charge on any atom is 0.314 e. The molecule has 0 bridgehead atoms. The van der Waals surface area contributed by atoms with Crippen molar-refractivity contribution >= 4 is 11.9 Å². The SMILES string of the molecule is CC(=O)N1CCC(C(=O)Oc2ccc(C(C)C)cc2)CC1. The Kier molecular flexibility index (Phi) is 4.99. The molecule has 0 atom stereocenters. The number of benzene rings is 1. The Morgan fingerprint density at radius 1 is 1.14 bits per heavy atom. The molecule has 1 amide bonds. The van der Waals surface area contributed by atoms with E-state index in [0.717, 1.165) is 0 Å². The molecule has 1 heterocycles. The zero-order chi connectivity index (χ0) is 15.4. The fourth-order valence-electron chi connectivity index (χ4n) is 2.55. The number of esters is 1. The average Bonchev–Trinajstić information content (AvgIpc) is 2.47. The number of piperidine rings is 1. The van der Waals surface area contributed by atoms with Crippen LogP contribution >= 0.6 is 0 Å². The summed E-state index contributed by atoms with van der Waals surface area (Å²) in [7, 11) is 0. The number of carbonyl (C=O) groups excluding carboxylic acids is 2. The van der Waals surface area contributed by atoms with Gasteiger partial charge in [0.15, 0.2) is 0 Å². The van der Waals surface area contributed by atoms with Gasteiger partial charge in [0.25, 0.3) is 0 Å². The van der Waals surface area contributed by atoms with Crippen LogP contribution in [0.2, 0.25) is 0 Å². The minimum Gasteiger partial charge on any atom is -0.426 e. The van der Waals surface area contributed by atoms with Crippen molar-refractivity contribution in [2.24, 2.45) is 5.92 Å². The van der Waals surface area contributed by atoms with Crippen molar-refractivity contribution in [3.8, 4) is 5.75 Å². The maximum atomic E-state index is 12.1. The summed E-state index contributed by atoms with van der Waals surface area (Å²) in [6, 6.07) is 7.67. The van der Waals surface area contributed by atoms with Crippen molar-refractivity contribution in [2.45, 2.75) is 39.5 Å². The first-order chi connectivity index (χ1) is 9.97. The van der Waals surface area contributed by atoms with Crippen molar-refractivity contribution in [1.29, 1.82) is 0 Å². The molecular weight excluding hydrogens is 266 g/mol. The van der Waals surface area contributed by atoms with E-state index in [1.54, 1.807) is 11.8 Å². The van der Waals surface area contributed by atoms with Crippen LogP contribution in [0.15, 0.2) is 24.3 Å². The van der Waals surface area contributed by atoms with Crippen molar-refractivity contribution < 1.29 is 14.3 Å². The minimum absolute atomic E-state index is 0.0751. The predicted molar refractivity (Wildman–Crippen MR) is 81.1 cm³/mol. The molecule has 0 aromatic heterocycles. The summed E-state index contributed by atoms with van der Waals surface area (Å²) in [6.45, 7) is 7.10. The van der Waals surface area contributed by atoms with E-state index in [9.17, 15) is 9.59 Å². The third-order valence-corrected chi connectivity index (χ3v) is 4.04. The Hall–Kier alpha value is -1.84. The number of hydrogen-bond donors (Lipinski definition) is 0. The molecule has 1 aliphatic heterocycles. The van der Waals surface area contributed by atoms with Gasteiger partial charge >= 0.3 is 5.97 Å². The molecule has 4 heteroatoms. The second-order valence-electron chi connectivity index (χ2n) is 5.93. The Morgan fingerprint density at radius 3 is 2.19 bits per heavy atom. The molecule has 1 saturated heterocycles. The fourth-order valence-corrected chi connectivity index (χ4v) is 2.55. The number of nitrogens with zero attached hydrogens (tertiary/aromatic N) is 1. The second kappa shape index (κ2) is 6.74. The molecule has 0 radical (unpaired) electrons. The van der Waals surface area contributed by atoms with Gasteiger partial charge in [-0.2, -0.15) is 0 Å². The number of carbonyl (C=O) groups is 2. The third-order valence-electron chi connectivity index (χ3n) is 4.04. The van der Waals surface area contributed by atoms with Crippen molar-refractivity contribution in [3.63, 3.8) is 0 Å². The highest BCUT2D eigenvalue weighted by Crippen LogP contribution is 2.22. The predicted octanol–water partition coefficient (Wildman–Crippen LogP) is 2.97.